The van der Waals surface area contributed by atoms with E-state index in [0.717, 1.165) is 5.75 Å². The van der Waals surface area contributed by atoms with E-state index in [1.807, 2.05) is 6.07 Å². The largest absolute Gasteiger partial charge is 0.463 e. The van der Waals surface area contributed by atoms with Gasteiger partial charge in [-0.15, -0.1) is 5.10 Å². The molecule has 0 atom stereocenters. The maximum atomic E-state index is 5.16. The third kappa shape index (κ3) is 4.05. The molecule has 6 nitrogen and oxygen atoms in total. The van der Waals surface area contributed by atoms with Crippen molar-refractivity contribution in [3.63, 3.8) is 0 Å². The number of hydrogen-bond donors (Lipinski definition) is 2. The Morgan fingerprint density at radius 1 is 1.29 bits per heavy atom. The lowest BCUT2D eigenvalue weighted by molar-refractivity contribution is 0.560. The number of aryl methyl sites for hydroxylation is 3. The highest BCUT2D eigenvalue weighted by atomic mass is 32.2. The van der Waals surface area contributed by atoms with Crippen molar-refractivity contribution < 1.29 is 4.42 Å². The van der Waals surface area contributed by atoms with Crippen LogP contribution in [0.25, 0.3) is 0 Å². The average Bonchev–Trinajstić information content (AvgIpc) is 3.18. The van der Waals surface area contributed by atoms with Gasteiger partial charge in [-0.1, -0.05) is 29.5 Å². The number of aromatic nitrogens is 3. The number of benzene rings is 1. The Labute approximate surface area is 144 Å². The van der Waals surface area contributed by atoms with Crippen molar-refractivity contribution >= 4 is 23.9 Å². The van der Waals surface area contributed by atoms with Gasteiger partial charge in [-0.25, -0.2) is 10.5 Å². The first kappa shape index (κ1) is 16.3. The second kappa shape index (κ2) is 7.35. The Balaban J connectivity index is 1.58. The molecule has 124 valence electrons. The van der Waals surface area contributed by atoms with Gasteiger partial charge in [-0.3, -0.25) is 0 Å². The van der Waals surface area contributed by atoms with Crippen molar-refractivity contribution in [2.75, 3.05) is 5.43 Å². The first-order chi connectivity index (χ1) is 11.6. The van der Waals surface area contributed by atoms with Gasteiger partial charge in [0.05, 0.1) is 12.5 Å². The molecule has 24 heavy (non-hydrogen) atoms. The van der Waals surface area contributed by atoms with Crippen LogP contribution in [0.3, 0.4) is 0 Å². The fourth-order valence-corrected chi connectivity index (χ4v) is 3.45. The number of nitrogens with one attached hydrogen (secondary N) is 2. The van der Waals surface area contributed by atoms with Gasteiger partial charge in [-0.2, -0.15) is 10.1 Å². The summed E-state index contributed by atoms with van der Waals surface area (Å²) in [5, 5.41) is 11.7. The van der Waals surface area contributed by atoms with E-state index in [4.69, 9.17) is 4.42 Å². The molecule has 0 amide bonds. The van der Waals surface area contributed by atoms with Gasteiger partial charge in [0, 0.05) is 5.75 Å². The summed E-state index contributed by atoms with van der Waals surface area (Å²) in [6, 6.07) is 8.03. The predicted molar refractivity (Wildman–Crippen MR) is 96.5 cm³/mol. The van der Waals surface area contributed by atoms with E-state index in [0.29, 0.717) is 16.9 Å². The summed E-state index contributed by atoms with van der Waals surface area (Å²) in [5.74, 6) is 2.00. The second-order valence-corrected chi connectivity index (χ2v) is 6.46. The Bertz CT molecular complexity index is 816. The highest BCUT2D eigenvalue weighted by Crippen LogP contribution is 2.25. The molecular weight excluding hydrogens is 322 g/mol. The van der Waals surface area contributed by atoms with Gasteiger partial charge >= 0.3 is 0 Å². The lowest BCUT2D eigenvalue weighted by Crippen LogP contribution is -1.93. The Hall–Kier alpha value is -2.54. The lowest BCUT2D eigenvalue weighted by atomic mass is 10.0. The molecule has 2 N–H and O–H groups in total. The van der Waals surface area contributed by atoms with Crippen LogP contribution in [0.4, 0.5) is 5.95 Å². The fourth-order valence-electron chi connectivity index (χ4n) is 2.46. The molecule has 3 aromatic rings. The molecule has 0 aliphatic heterocycles. The molecule has 0 unspecified atom stereocenters. The standard InChI is InChI=1S/C17H19N5OS/c1-11-7-12(2)15(13(3)8-11)10-24-17-19-16(21-22-17)20-18-9-14-5-4-6-23-14/h4-9H,10H2,1-3H3,(H2,19,20,21,22)/b18-9-. The van der Waals surface area contributed by atoms with Crippen LogP contribution in [0.5, 0.6) is 0 Å². The molecule has 0 saturated heterocycles. The molecule has 3 rings (SSSR count). The molecule has 0 saturated carbocycles. The van der Waals surface area contributed by atoms with Gasteiger partial charge in [0.25, 0.3) is 0 Å². The maximum Gasteiger partial charge on any atom is 0.240 e. The quantitative estimate of drug-likeness (QED) is 0.401. The Morgan fingerprint density at radius 3 is 2.79 bits per heavy atom. The van der Waals surface area contributed by atoms with Gasteiger partial charge in [0.2, 0.25) is 11.1 Å². The smallest absolute Gasteiger partial charge is 0.240 e. The third-order valence-electron chi connectivity index (χ3n) is 3.56. The highest BCUT2D eigenvalue weighted by molar-refractivity contribution is 7.98. The number of nitrogens with zero attached hydrogens (tertiary/aromatic N) is 3. The third-order valence-corrected chi connectivity index (χ3v) is 4.43. The number of hydrazone groups is 1. The van der Waals surface area contributed by atoms with Crippen LogP contribution >= 0.6 is 11.8 Å². The van der Waals surface area contributed by atoms with Crippen LogP contribution in [-0.4, -0.2) is 21.4 Å². The molecule has 0 radical (unpaired) electrons. The topological polar surface area (TPSA) is 79.1 Å². The van der Waals surface area contributed by atoms with Crippen molar-refractivity contribution in [1.29, 1.82) is 0 Å². The van der Waals surface area contributed by atoms with Gasteiger partial charge in [0.15, 0.2) is 0 Å². The van der Waals surface area contributed by atoms with E-state index in [1.54, 1.807) is 30.3 Å². The molecule has 0 aliphatic rings. The minimum atomic E-state index is 0.498. The minimum absolute atomic E-state index is 0.498. The van der Waals surface area contributed by atoms with Crippen molar-refractivity contribution in [3.8, 4) is 0 Å². The Kier molecular flexibility index (Phi) is 5.00. The summed E-state index contributed by atoms with van der Waals surface area (Å²) in [5.41, 5.74) is 8.03. The zero-order valence-corrected chi connectivity index (χ0v) is 14.6. The molecule has 0 aliphatic carbocycles. The second-order valence-electron chi connectivity index (χ2n) is 5.52. The lowest BCUT2D eigenvalue weighted by Gasteiger charge is -2.09. The summed E-state index contributed by atoms with van der Waals surface area (Å²) in [4.78, 5) is 4.36. The summed E-state index contributed by atoms with van der Waals surface area (Å²) >= 11 is 1.60. The van der Waals surface area contributed by atoms with Crippen LogP contribution in [0.1, 0.15) is 28.0 Å². The van der Waals surface area contributed by atoms with E-state index in [-0.39, 0.29) is 0 Å². The monoisotopic (exact) mass is 341 g/mol. The van der Waals surface area contributed by atoms with E-state index in [1.165, 1.54) is 22.3 Å². The first-order valence-corrected chi connectivity index (χ1v) is 8.55. The van der Waals surface area contributed by atoms with Crippen molar-refractivity contribution in [2.24, 2.45) is 5.10 Å². The molecule has 2 heterocycles. The number of anilines is 1. The average molecular weight is 341 g/mol. The van der Waals surface area contributed by atoms with Crippen LogP contribution in [0, 0.1) is 20.8 Å². The molecule has 1 aromatic carbocycles. The summed E-state index contributed by atoms with van der Waals surface area (Å²) < 4.78 is 5.16. The van der Waals surface area contributed by atoms with Crippen molar-refractivity contribution in [2.45, 2.75) is 31.7 Å². The Morgan fingerprint density at radius 2 is 2.08 bits per heavy atom. The minimum Gasteiger partial charge on any atom is -0.463 e. The number of thioether (sulfide) groups is 1. The number of furan rings is 1. The summed E-state index contributed by atoms with van der Waals surface area (Å²) in [6.45, 7) is 6.40. The fraction of sp³-hybridized carbons (Fsp3) is 0.235. The molecular formula is C17H19N5OS. The first-order valence-electron chi connectivity index (χ1n) is 7.56. The highest BCUT2D eigenvalue weighted by Gasteiger charge is 2.08. The van der Waals surface area contributed by atoms with Crippen molar-refractivity contribution in [1.82, 2.24) is 15.2 Å². The molecule has 0 bridgehead atoms. The van der Waals surface area contributed by atoms with Gasteiger partial charge in [0.1, 0.15) is 5.76 Å². The van der Waals surface area contributed by atoms with Gasteiger partial charge < -0.3 is 4.42 Å². The SMILES string of the molecule is Cc1cc(C)c(CSc2n[nH]c(N/N=C\c3ccco3)n2)c(C)c1. The van der Waals surface area contributed by atoms with Gasteiger partial charge in [-0.05, 0) is 49.6 Å². The van der Waals surface area contributed by atoms with Crippen LogP contribution < -0.4 is 5.43 Å². The van der Waals surface area contributed by atoms with Crippen LogP contribution in [0.15, 0.2) is 45.2 Å². The van der Waals surface area contributed by atoms with E-state index >= 15 is 0 Å². The zero-order chi connectivity index (χ0) is 16.9. The molecule has 2 aromatic heterocycles. The summed E-state index contributed by atoms with van der Waals surface area (Å²) in [6.07, 6.45) is 3.17. The molecule has 7 heteroatoms. The van der Waals surface area contributed by atoms with E-state index in [2.05, 4.69) is 58.6 Å². The zero-order valence-electron chi connectivity index (χ0n) is 13.8. The number of hydrogen-bond acceptors (Lipinski definition) is 6. The van der Waals surface area contributed by atoms with E-state index in [9.17, 15) is 0 Å². The number of rotatable bonds is 6. The predicted octanol–water partition coefficient (Wildman–Crippen LogP) is 4.06. The molecule has 0 spiro atoms. The summed E-state index contributed by atoms with van der Waals surface area (Å²) in [7, 11) is 0. The molecule has 0 fully saturated rings. The van der Waals surface area contributed by atoms with Crippen LogP contribution in [-0.2, 0) is 5.75 Å². The maximum absolute atomic E-state index is 5.16. The van der Waals surface area contributed by atoms with Crippen molar-refractivity contribution in [3.05, 3.63) is 58.5 Å². The van der Waals surface area contributed by atoms with Crippen LogP contribution in [0.2, 0.25) is 0 Å². The number of H-pyrrole nitrogens is 1. The normalized spacial score (nSPS) is 11.3. The number of aromatic amines is 1. The van der Waals surface area contributed by atoms with E-state index < -0.39 is 0 Å².